The first kappa shape index (κ1) is 18.4. The summed E-state index contributed by atoms with van der Waals surface area (Å²) < 4.78 is 5.88. The Balaban J connectivity index is 2.15. The van der Waals surface area contributed by atoms with Crippen LogP contribution in [-0.4, -0.2) is 34.6 Å². The zero-order chi connectivity index (χ0) is 17.0. The average molecular weight is 320 g/mol. The maximum absolute atomic E-state index is 10.6. The highest BCUT2D eigenvalue weighted by Crippen LogP contribution is 2.43. The summed E-state index contributed by atoms with van der Waals surface area (Å²) >= 11 is 0. The van der Waals surface area contributed by atoms with Gasteiger partial charge in [-0.05, 0) is 64.9 Å². The number of allylic oxidation sites excluding steroid dienone is 2. The third-order valence-electron chi connectivity index (χ3n) is 5.40. The number of rotatable bonds is 2. The van der Waals surface area contributed by atoms with Crippen LogP contribution in [0.2, 0.25) is 0 Å². The molecule has 1 heterocycles. The number of aliphatic hydroxyl groups is 2. The van der Waals surface area contributed by atoms with Gasteiger partial charge < -0.3 is 14.9 Å². The maximum atomic E-state index is 10.6. The summed E-state index contributed by atoms with van der Waals surface area (Å²) in [7, 11) is 0. The fourth-order valence-corrected chi connectivity index (χ4v) is 3.56. The molecule has 1 fully saturated rings. The highest BCUT2D eigenvalue weighted by atomic mass is 16.6. The summed E-state index contributed by atoms with van der Waals surface area (Å²) in [6.45, 7) is 10.4. The SMILES string of the molecule is C=C(C)[C@@H]1CC/C(C)=C\CC[C@@]2(C)O[C@H]2CC/C(CO)=C\[C@@H]1O. The van der Waals surface area contributed by atoms with Crippen molar-refractivity contribution in [1.82, 2.24) is 0 Å². The summed E-state index contributed by atoms with van der Waals surface area (Å²) in [5.41, 5.74) is 3.28. The second-order valence-corrected chi connectivity index (χ2v) is 7.51. The summed E-state index contributed by atoms with van der Waals surface area (Å²) in [5.74, 6) is 0.0466. The van der Waals surface area contributed by atoms with Crippen molar-refractivity contribution < 1.29 is 14.9 Å². The molecule has 0 aromatic rings. The molecule has 2 aliphatic rings. The molecule has 0 aromatic carbocycles. The standard InChI is InChI=1S/C20H32O3/c1-14(2)17-9-7-15(3)6-5-11-20(4)19(23-20)10-8-16(13-21)12-18(17)22/h6,12,17-19,21-22H,1,5,7-11,13H2,2-4H3/b15-6-,16-12+/t17-,18-,19-,20+/m0/s1. The fourth-order valence-electron chi connectivity index (χ4n) is 3.56. The Labute approximate surface area is 140 Å². The van der Waals surface area contributed by atoms with Crippen LogP contribution in [0, 0.1) is 5.92 Å². The normalized spacial score (nSPS) is 40.8. The van der Waals surface area contributed by atoms with E-state index >= 15 is 0 Å². The number of epoxide rings is 1. The van der Waals surface area contributed by atoms with Crippen molar-refractivity contribution in [2.45, 2.75) is 77.1 Å². The van der Waals surface area contributed by atoms with Gasteiger partial charge in [0.2, 0.25) is 0 Å². The Kier molecular flexibility index (Phi) is 6.24. The number of ether oxygens (including phenoxy) is 1. The van der Waals surface area contributed by atoms with Gasteiger partial charge in [0.25, 0.3) is 0 Å². The summed E-state index contributed by atoms with van der Waals surface area (Å²) in [6.07, 6.45) is 9.52. The zero-order valence-corrected chi connectivity index (χ0v) is 14.8. The van der Waals surface area contributed by atoms with Crippen LogP contribution in [0.15, 0.2) is 35.5 Å². The predicted molar refractivity (Wildman–Crippen MR) is 94.2 cm³/mol. The van der Waals surface area contributed by atoms with Crippen LogP contribution in [0.5, 0.6) is 0 Å². The van der Waals surface area contributed by atoms with Crippen molar-refractivity contribution in [1.29, 1.82) is 0 Å². The Morgan fingerprint density at radius 3 is 2.78 bits per heavy atom. The zero-order valence-electron chi connectivity index (χ0n) is 14.8. The minimum Gasteiger partial charge on any atom is -0.392 e. The van der Waals surface area contributed by atoms with Crippen molar-refractivity contribution in [3.8, 4) is 0 Å². The van der Waals surface area contributed by atoms with E-state index in [2.05, 4.69) is 26.5 Å². The number of aliphatic hydroxyl groups excluding tert-OH is 2. The summed E-state index contributed by atoms with van der Waals surface area (Å²) in [4.78, 5) is 0. The molecule has 0 bridgehead atoms. The van der Waals surface area contributed by atoms with Crippen molar-refractivity contribution in [3.63, 3.8) is 0 Å². The molecule has 0 radical (unpaired) electrons. The van der Waals surface area contributed by atoms with Crippen molar-refractivity contribution in [2.75, 3.05) is 6.61 Å². The molecule has 3 heteroatoms. The molecular formula is C20H32O3. The van der Waals surface area contributed by atoms with Gasteiger partial charge in [0.05, 0.1) is 24.4 Å². The molecule has 0 saturated carbocycles. The molecule has 0 aromatic heterocycles. The lowest BCUT2D eigenvalue weighted by atomic mass is 9.87. The first-order chi connectivity index (χ1) is 10.9. The molecule has 4 atom stereocenters. The Hall–Kier alpha value is -0.900. The van der Waals surface area contributed by atoms with E-state index in [4.69, 9.17) is 4.74 Å². The second-order valence-electron chi connectivity index (χ2n) is 7.51. The maximum Gasteiger partial charge on any atom is 0.0923 e. The third kappa shape index (κ3) is 5.03. The summed E-state index contributed by atoms with van der Waals surface area (Å²) in [5, 5.41) is 20.2. The van der Waals surface area contributed by atoms with Crippen molar-refractivity contribution in [2.24, 2.45) is 5.92 Å². The lowest BCUT2D eigenvalue weighted by Gasteiger charge is -2.22. The van der Waals surface area contributed by atoms with Crippen molar-refractivity contribution >= 4 is 0 Å². The molecule has 0 spiro atoms. The van der Waals surface area contributed by atoms with E-state index in [1.54, 1.807) is 0 Å². The first-order valence-corrected chi connectivity index (χ1v) is 8.83. The smallest absolute Gasteiger partial charge is 0.0923 e. The molecule has 2 N–H and O–H groups in total. The molecule has 2 rings (SSSR count). The first-order valence-electron chi connectivity index (χ1n) is 8.83. The van der Waals surface area contributed by atoms with Crippen LogP contribution in [0.1, 0.15) is 59.3 Å². The molecule has 0 unspecified atom stereocenters. The predicted octanol–water partition coefficient (Wildman–Crippen LogP) is 3.92. The minimum absolute atomic E-state index is 0.000316. The van der Waals surface area contributed by atoms with Crippen LogP contribution in [0.25, 0.3) is 0 Å². The molecule has 1 saturated heterocycles. The lowest BCUT2D eigenvalue weighted by molar-refractivity contribution is 0.163. The highest BCUT2D eigenvalue weighted by molar-refractivity contribution is 5.14. The quantitative estimate of drug-likeness (QED) is 0.599. The topological polar surface area (TPSA) is 53.0 Å². The monoisotopic (exact) mass is 320 g/mol. The van der Waals surface area contributed by atoms with Gasteiger partial charge in [0.15, 0.2) is 0 Å². The number of fused-ring (bicyclic) bond motifs is 1. The molecule has 130 valence electrons. The molecule has 3 nitrogen and oxygen atoms in total. The van der Waals surface area contributed by atoms with Crippen LogP contribution in [-0.2, 0) is 4.74 Å². The minimum atomic E-state index is -0.572. The van der Waals surface area contributed by atoms with Gasteiger partial charge in [-0.15, -0.1) is 0 Å². The fraction of sp³-hybridized carbons (Fsp3) is 0.700. The van der Waals surface area contributed by atoms with E-state index in [0.29, 0.717) is 0 Å². The Bertz CT molecular complexity index is 491. The molecule has 1 aliphatic carbocycles. The highest BCUT2D eigenvalue weighted by Gasteiger charge is 2.50. The molecule has 1 aliphatic heterocycles. The van der Waals surface area contributed by atoms with Crippen LogP contribution >= 0.6 is 0 Å². The van der Waals surface area contributed by atoms with Gasteiger partial charge in [-0.3, -0.25) is 0 Å². The average Bonchev–Trinajstić information content (AvgIpc) is 3.13. The number of hydrogen-bond acceptors (Lipinski definition) is 3. The largest absolute Gasteiger partial charge is 0.392 e. The van der Waals surface area contributed by atoms with E-state index < -0.39 is 6.10 Å². The Morgan fingerprint density at radius 2 is 2.13 bits per heavy atom. The van der Waals surface area contributed by atoms with Crippen LogP contribution in [0.4, 0.5) is 0 Å². The molecule has 23 heavy (non-hydrogen) atoms. The Morgan fingerprint density at radius 1 is 1.39 bits per heavy atom. The van der Waals surface area contributed by atoms with E-state index in [-0.39, 0.29) is 24.2 Å². The number of hydrogen-bond donors (Lipinski definition) is 2. The van der Waals surface area contributed by atoms with E-state index in [9.17, 15) is 10.2 Å². The van der Waals surface area contributed by atoms with Crippen LogP contribution < -0.4 is 0 Å². The molecular weight excluding hydrogens is 288 g/mol. The van der Waals surface area contributed by atoms with E-state index in [0.717, 1.165) is 49.7 Å². The van der Waals surface area contributed by atoms with Crippen molar-refractivity contribution in [3.05, 3.63) is 35.5 Å². The van der Waals surface area contributed by atoms with Gasteiger partial charge in [-0.25, -0.2) is 0 Å². The van der Waals surface area contributed by atoms with Gasteiger partial charge >= 0.3 is 0 Å². The van der Waals surface area contributed by atoms with Gasteiger partial charge in [-0.1, -0.05) is 29.9 Å². The van der Waals surface area contributed by atoms with Crippen LogP contribution in [0.3, 0.4) is 0 Å². The summed E-state index contributed by atoms with van der Waals surface area (Å²) in [6, 6.07) is 0. The molecule has 0 amide bonds. The van der Waals surface area contributed by atoms with Gasteiger partial charge in [0, 0.05) is 5.92 Å². The third-order valence-corrected chi connectivity index (χ3v) is 5.40. The van der Waals surface area contributed by atoms with Gasteiger partial charge in [-0.2, -0.15) is 0 Å². The lowest BCUT2D eigenvalue weighted by Crippen LogP contribution is -2.20. The van der Waals surface area contributed by atoms with E-state index in [1.807, 2.05) is 13.0 Å². The van der Waals surface area contributed by atoms with E-state index in [1.165, 1.54) is 5.57 Å². The van der Waals surface area contributed by atoms with Gasteiger partial charge in [0.1, 0.15) is 0 Å². The second kappa shape index (κ2) is 7.78.